The van der Waals surface area contributed by atoms with Crippen molar-refractivity contribution in [2.75, 3.05) is 0 Å². The summed E-state index contributed by atoms with van der Waals surface area (Å²) in [4.78, 5) is 0. The van der Waals surface area contributed by atoms with Crippen molar-refractivity contribution >= 4 is 15.9 Å². The van der Waals surface area contributed by atoms with E-state index < -0.39 is 0 Å². The van der Waals surface area contributed by atoms with Crippen molar-refractivity contribution in [3.63, 3.8) is 0 Å². The maximum Gasteiger partial charge on any atom is 0.115 e. The second-order valence-electron chi connectivity index (χ2n) is 4.29. The van der Waals surface area contributed by atoms with Crippen LogP contribution in [-0.2, 0) is 6.54 Å². The summed E-state index contributed by atoms with van der Waals surface area (Å²) in [6.45, 7) is 2.92. The standard InChI is InChI=1S/C15H16BrNO/c1-11(14-4-2-3-5-15(14)16)17-10-12-6-8-13(18)9-7-12/h2-9,11,17-18H,10H2,1H3/t11-/m1/s1. The predicted molar refractivity (Wildman–Crippen MR) is 77.5 cm³/mol. The van der Waals surface area contributed by atoms with E-state index in [1.165, 1.54) is 5.56 Å². The van der Waals surface area contributed by atoms with Crippen molar-refractivity contribution in [2.45, 2.75) is 19.5 Å². The van der Waals surface area contributed by atoms with Crippen molar-refractivity contribution in [3.8, 4) is 5.75 Å². The molecule has 0 bridgehead atoms. The van der Waals surface area contributed by atoms with Crippen LogP contribution < -0.4 is 5.32 Å². The van der Waals surface area contributed by atoms with Crippen LogP contribution in [-0.4, -0.2) is 5.11 Å². The topological polar surface area (TPSA) is 32.3 Å². The van der Waals surface area contributed by atoms with E-state index in [1.807, 2.05) is 30.3 Å². The van der Waals surface area contributed by atoms with E-state index in [2.05, 4.69) is 34.2 Å². The van der Waals surface area contributed by atoms with Crippen LogP contribution in [0.3, 0.4) is 0 Å². The minimum atomic E-state index is 0.273. The third-order valence-corrected chi connectivity index (χ3v) is 3.64. The zero-order chi connectivity index (χ0) is 13.0. The molecule has 0 aliphatic rings. The third-order valence-electron chi connectivity index (χ3n) is 2.92. The van der Waals surface area contributed by atoms with E-state index in [4.69, 9.17) is 0 Å². The lowest BCUT2D eigenvalue weighted by Crippen LogP contribution is -2.18. The van der Waals surface area contributed by atoms with Crippen molar-refractivity contribution in [3.05, 3.63) is 64.1 Å². The summed E-state index contributed by atoms with van der Waals surface area (Å²) in [5.41, 5.74) is 2.41. The molecule has 2 N–H and O–H groups in total. The molecule has 2 nitrogen and oxygen atoms in total. The Morgan fingerprint density at radius 1 is 1.11 bits per heavy atom. The van der Waals surface area contributed by atoms with Gasteiger partial charge in [-0.2, -0.15) is 0 Å². The van der Waals surface area contributed by atoms with Crippen molar-refractivity contribution in [1.82, 2.24) is 5.32 Å². The Kier molecular flexibility index (Phi) is 4.39. The summed E-state index contributed by atoms with van der Waals surface area (Å²) in [6.07, 6.45) is 0. The monoisotopic (exact) mass is 305 g/mol. The van der Waals surface area contributed by atoms with E-state index in [0.717, 1.165) is 16.6 Å². The van der Waals surface area contributed by atoms with E-state index in [0.29, 0.717) is 5.75 Å². The minimum absolute atomic E-state index is 0.273. The SMILES string of the molecule is C[C@@H](NCc1ccc(O)cc1)c1ccccc1Br. The molecule has 1 atom stereocenters. The van der Waals surface area contributed by atoms with Gasteiger partial charge < -0.3 is 10.4 Å². The first-order valence-corrected chi connectivity index (χ1v) is 6.72. The van der Waals surface area contributed by atoms with Gasteiger partial charge in [0.05, 0.1) is 0 Å². The Balaban J connectivity index is 1.98. The molecule has 0 unspecified atom stereocenters. The highest BCUT2D eigenvalue weighted by Crippen LogP contribution is 2.23. The summed E-state index contributed by atoms with van der Waals surface area (Å²) < 4.78 is 1.12. The number of benzene rings is 2. The lowest BCUT2D eigenvalue weighted by molar-refractivity contribution is 0.474. The lowest BCUT2D eigenvalue weighted by atomic mass is 10.1. The van der Waals surface area contributed by atoms with Gasteiger partial charge in [-0.3, -0.25) is 0 Å². The van der Waals surface area contributed by atoms with Crippen LogP contribution in [0.1, 0.15) is 24.1 Å². The third kappa shape index (κ3) is 3.34. The molecule has 0 heterocycles. The fraction of sp³-hybridized carbons (Fsp3) is 0.200. The highest BCUT2D eigenvalue weighted by atomic mass is 79.9. The smallest absolute Gasteiger partial charge is 0.115 e. The lowest BCUT2D eigenvalue weighted by Gasteiger charge is -2.15. The van der Waals surface area contributed by atoms with Crippen molar-refractivity contribution < 1.29 is 5.11 Å². The molecule has 2 aromatic rings. The molecule has 94 valence electrons. The van der Waals surface area contributed by atoms with Crippen LogP contribution in [0.4, 0.5) is 0 Å². The Labute approximate surface area is 116 Å². The second kappa shape index (κ2) is 6.03. The minimum Gasteiger partial charge on any atom is -0.508 e. The van der Waals surface area contributed by atoms with Crippen LogP contribution in [0.15, 0.2) is 53.0 Å². The number of phenols is 1. The molecule has 0 aliphatic heterocycles. The van der Waals surface area contributed by atoms with Gasteiger partial charge in [0.15, 0.2) is 0 Å². The Bertz CT molecular complexity index is 510. The molecule has 0 aromatic heterocycles. The van der Waals surface area contributed by atoms with E-state index in [-0.39, 0.29) is 6.04 Å². The summed E-state index contributed by atoms with van der Waals surface area (Å²) in [5.74, 6) is 0.303. The zero-order valence-corrected chi connectivity index (χ0v) is 11.8. The Morgan fingerprint density at radius 2 is 1.78 bits per heavy atom. The van der Waals surface area contributed by atoms with Gasteiger partial charge in [0.25, 0.3) is 0 Å². The van der Waals surface area contributed by atoms with E-state index in [1.54, 1.807) is 12.1 Å². The number of hydrogen-bond acceptors (Lipinski definition) is 2. The number of aromatic hydroxyl groups is 1. The number of rotatable bonds is 4. The van der Waals surface area contributed by atoms with E-state index >= 15 is 0 Å². The molecule has 0 amide bonds. The average molecular weight is 306 g/mol. The molecule has 0 fully saturated rings. The first-order valence-electron chi connectivity index (χ1n) is 5.92. The van der Waals surface area contributed by atoms with E-state index in [9.17, 15) is 5.11 Å². The maximum absolute atomic E-state index is 9.22. The van der Waals surface area contributed by atoms with Gasteiger partial charge in [0, 0.05) is 17.1 Å². The molecule has 3 heteroatoms. The summed E-state index contributed by atoms with van der Waals surface area (Å²) >= 11 is 3.56. The van der Waals surface area contributed by atoms with Crippen molar-refractivity contribution in [1.29, 1.82) is 0 Å². The Hall–Kier alpha value is -1.32. The molecule has 0 spiro atoms. The predicted octanol–water partition coefficient (Wildman–Crippen LogP) is 4.01. The van der Waals surface area contributed by atoms with Crippen LogP contribution >= 0.6 is 15.9 Å². The highest BCUT2D eigenvalue weighted by molar-refractivity contribution is 9.10. The number of hydrogen-bond donors (Lipinski definition) is 2. The van der Waals surface area contributed by atoms with Gasteiger partial charge in [-0.15, -0.1) is 0 Å². The van der Waals surface area contributed by atoms with Gasteiger partial charge in [-0.25, -0.2) is 0 Å². The quantitative estimate of drug-likeness (QED) is 0.894. The molecule has 2 rings (SSSR count). The van der Waals surface area contributed by atoms with Gasteiger partial charge >= 0.3 is 0 Å². The zero-order valence-electron chi connectivity index (χ0n) is 10.2. The maximum atomic E-state index is 9.22. The fourth-order valence-electron chi connectivity index (χ4n) is 1.82. The van der Waals surface area contributed by atoms with Crippen LogP contribution in [0.25, 0.3) is 0 Å². The molecule has 0 saturated carbocycles. The van der Waals surface area contributed by atoms with Crippen molar-refractivity contribution in [2.24, 2.45) is 0 Å². The summed E-state index contributed by atoms with van der Waals surface area (Å²) in [6, 6.07) is 15.8. The van der Waals surface area contributed by atoms with Crippen LogP contribution in [0.2, 0.25) is 0 Å². The van der Waals surface area contributed by atoms with Crippen LogP contribution in [0, 0.1) is 0 Å². The molecular formula is C15H16BrNO. The number of nitrogens with one attached hydrogen (secondary N) is 1. The summed E-state index contributed by atoms with van der Waals surface area (Å²) in [5, 5.41) is 12.7. The second-order valence-corrected chi connectivity index (χ2v) is 5.14. The molecular weight excluding hydrogens is 290 g/mol. The number of phenolic OH excluding ortho intramolecular Hbond substituents is 1. The first kappa shape index (κ1) is 13.1. The number of halogens is 1. The summed E-state index contributed by atoms with van der Waals surface area (Å²) in [7, 11) is 0. The van der Waals surface area contributed by atoms with Gasteiger partial charge in [0.1, 0.15) is 5.75 Å². The van der Waals surface area contributed by atoms with Gasteiger partial charge in [-0.1, -0.05) is 46.3 Å². The molecule has 0 aliphatic carbocycles. The molecule has 0 saturated heterocycles. The van der Waals surface area contributed by atoms with Gasteiger partial charge in [0.2, 0.25) is 0 Å². The average Bonchev–Trinajstić information content (AvgIpc) is 2.38. The fourth-order valence-corrected chi connectivity index (χ4v) is 2.45. The largest absolute Gasteiger partial charge is 0.508 e. The molecule has 0 radical (unpaired) electrons. The molecule has 18 heavy (non-hydrogen) atoms. The highest BCUT2D eigenvalue weighted by Gasteiger charge is 2.07. The normalized spacial score (nSPS) is 12.3. The molecule has 2 aromatic carbocycles. The first-order chi connectivity index (χ1) is 8.66. The Morgan fingerprint density at radius 3 is 2.44 bits per heavy atom. The van der Waals surface area contributed by atoms with Crippen LogP contribution in [0.5, 0.6) is 5.75 Å². The van der Waals surface area contributed by atoms with Gasteiger partial charge in [-0.05, 0) is 36.2 Å².